The van der Waals surface area contributed by atoms with Gasteiger partial charge in [-0.2, -0.15) is 5.10 Å². The van der Waals surface area contributed by atoms with E-state index in [1.54, 1.807) is 10.9 Å². The van der Waals surface area contributed by atoms with Crippen LogP contribution in [0, 0.1) is 0 Å². The number of benzene rings is 2. The molecule has 3 aromatic rings. The summed E-state index contributed by atoms with van der Waals surface area (Å²) in [6, 6.07) is 17.4. The van der Waals surface area contributed by atoms with Gasteiger partial charge in [0.15, 0.2) is 0 Å². The SMILES string of the molecule is CCOc1ccc(C2NC(=O)c3cnn(-c4ccccc4)c3N2)cc1. The third-order valence-corrected chi connectivity index (χ3v) is 4.10. The van der Waals surface area contributed by atoms with Gasteiger partial charge in [0.1, 0.15) is 23.3 Å². The van der Waals surface area contributed by atoms with E-state index in [9.17, 15) is 4.79 Å². The Balaban J connectivity index is 1.66. The average Bonchev–Trinajstić information content (AvgIpc) is 3.08. The van der Waals surface area contributed by atoms with Crippen LogP contribution in [0.2, 0.25) is 0 Å². The molecule has 2 aromatic carbocycles. The van der Waals surface area contributed by atoms with Crippen molar-refractivity contribution < 1.29 is 9.53 Å². The molecule has 0 bridgehead atoms. The number of hydrogen-bond donors (Lipinski definition) is 2. The van der Waals surface area contributed by atoms with Crippen molar-refractivity contribution in [1.29, 1.82) is 0 Å². The zero-order valence-corrected chi connectivity index (χ0v) is 13.8. The van der Waals surface area contributed by atoms with Gasteiger partial charge in [0, 0.05) is 0 Å². The fourth-order valence-electron chi connectivity index (χ4n) is 2.89. The monoisotopic (exact) mass is 334 g/mol. The predicted molar refractivity (Wildman–Crippen MR) is 95.0 cm³/mol. The van der Waals surface area contributed by atoms with Crippen LogP contribution in [0.5, 0.6) is 5.75 Å². The molecule has 1 unspecified atom stereocenters. The highest BCUT2D eigenvalue weighted by Gasteiger charge is 2.28. The van der Waals surface area contributed by atoms with E-state index in [0.717, 1.165) is 17.0 Å². The first-order valence-electron chi connectivity index (χ1n) is 8.20. The number of fused-ring (bicyclic) bond motifs is 1. The van der Waals surface area contributed by atoms with Crippen molar-refractivity contribution in [2.75, 3.05) is 11.9 Å². The van der Waals surface area contributed by atoms with Crippen molar-refractivity contribution in [3.05, 3.63) is 71.9 Å². The molecule has 1 amide bonds. The number of nitrogens with zero attached hydrogens (tertiary/aromatic N) is 2. The molecule has 1 aliphatic heterocycles. The Kier molecular flexibility index (Phi) is 3.85. The van der Waals surface area contributed by atoms with Crippen molar-refractivity contribution in [1.82, 2.24) is 15.1 Å². The highest BCUT2D eigenvalue weighted by molar-refractivity contribution is 6.01. The van der Waals surface area contributed by atoms with Gasteiger partial charge in [-0.3, -0.25) is 4.79 Å². The fraction of sp³-hybridized carbons (Fsp3) is 0.158. The molecule has 2 heterocycles. The molecule has 25 heavy (non-hydrogen) atoms. The smallest absolute Gasteiger partial charge is 0.258 e. The minimum absolute atomic E-state index is 0.144. The molecule has 1 atom stereocenters. The van der Waals surface area contributed by atoms with Crippen molar-refractivity contribution >= 4 is 11.7 Å². The van der Waals surface area contributed by atoms with Gasteiger partial charge < -0.3 is 15.4 Å². The maximum Gasteiger partial charge on any atom is 0.258 e. The first kappa shape index (κ1) is 15.3. The number of anilines is 1. The lowest BCUT2D eigenvalue weighted by atomic mass is 10.1. The van der Waals surface area contributed by atoms with E-state index in [-0.39, 0.29) is 12.1 Å². The summed E-state index contributed by atoms with van der Waals surface area (Å²) < 4.78 is 7.21. The summed E-state index contributed by atoms with van der Waals surface area (Å²) in [5, 5.41) is 10.7. The Morgan fingerprint density at radius 3 is 2.56 bits per heavy atom. The van der Waals surface area contributed by atoms with Gasteiger partial charge in [-0.05, 0) is 36.8 Å². The second-order valence-corrected chi connectivity index (χ2v) is 5.71. The number of amides is 1. The van der Waals surface area contributed by atoms with E-state index in [2.05, 4.69) is 15.7 Å². The summed E-state index contributed by atoms with van der Waals surface area (Å²) in [5.74, 6) is 1.35. The molecule has 1 aromatic heterocycles. The quantitative estimate of drug-likeness (QED) is 0.769. The molecule has 6 heteroatoms. The molecule has 0 saturated heterocycles. The summed E-state index contributed by atoms with van der Waals surface area (Å²) in [6.45, 7) is 2.57. The topological polar surface area (TPSA) is 68.2 Å². The molecule has 0 spiro atoms. The lowest BCUT2D eigenvalue weighted by molar-refractivity contribution is 0.0935. The number of hydrogen-bond acceptors (Lipinski definition) is 4. The number of carbonyl (C=O) groups excluding carboxylic acids is 1. The van der Waals surface area contributed by atoms with E-state index >= 15 is 0 Å². The molecular formula is C19H18N4O2. The van der Waals surface area contributed by atoms with Crippen LogP contribution < -0.4 is 15.4 Å². The zero-order valence-electron chi connectivity index (χ0n) is 13.8. The molecule has 1 aliphatic rings. The Morgan fingerprint density at radius 2 is 1.84 bits per heavy atom. The van der Waals surface area contributed by atoms with Gasteiger partial charge in [0.25, 0.3) is 5.91 Å². The summed E-state index contributed by atoms with van der Waals surface area (Å²) in [4.78, 5) is 12.5. The molecule has 0 saturated carbocycles. The van der Waals surface area contributed by atoms with Crippen molar-refractivity contribution in [3.8, 4) is 11.4 Å². The van der Waals surface area contributed by atoms with E-state index in [1.807, 2.05) is 61.5 Å². The Morgan fingerprint density at radius 1 is 1.08 bits per heavy atom. The minimum atomic E-state index is -0.324. The summed E-state index contributed by atoms with van der Waals surface area (Å²) >= 11 is 0. The van der Waals surface area contributed by atoms with Crippen LogP contribution in [0.25, 0.3) is 5.69 Å². The van der Waals surface area contributed by atoms with Gasteiger partial charge in [0.05, 0.1) is 18.5 Å². The van der Waals surface area contributed by atoms with Crippen molar-refractivity contribution in [3.63, 3.8) is 0 Å². The van der Waals surface area contributed by atoms with Gasteiger partial charge >= 0.3 is 0 Å². The maximum atomic E-state index is 12.5. The predicted octanol–water partition coefficient (Wildman–Crippen LogP) is 3.13. The second kappa shape index (κ2) is 6.32. The fourth-order valence-corrected chi connectivity index (χ4v) is 2.89. The van der Waals surface area contributed by atoms with E-state index in [1.165, 1.54) is 0 Å². The van der Waals surface area contributed by atoms with Gasteiger partial charge in [0.2, 0.25) is 0 Å². The molecule has 0 fully saturated rings. The summed E-state index contributed by atoms with van der Waals surface area (Å²) in [7, 11) is 0. The summed E-state index contributed by atoms with van der Waals surface area (Å²) in [5.41, 5.74) is 2.38. The second-order valence-electron chi connectivity index (χ2n) is 5.71. The molecule has 2 N–H and O–H groups in total. The number of nitrogens with one attached hydrogen (secondary N) is 2. The number of ether oxygens (including phenoxy) is 1. The number of aromatic nitrogens is 2. The molecule has 0 aliphatic carbocycles. The van der Waals surface area contributed by atoms with Crippen molar-refractivity contribution in [2.45, 2.75) is 13.1 Å². The Hall–Kier alpha value is -3.28. The minimum Gasteiger partial charge on any atom is -0.494 e. The van der Waals surface area contributed by atoms with Gasteiger partial charge in [-0.15, -0.1) is 0 Å². The lowest BCUT2D eigenvalue weighted by Gasteiger charge is -2.27. The van der Waals surface area contributed by atoms with E-state index < -0.39 is 0 Å². The number of carbonyl (C=O) groups is 1. The molecular weight excluding hydrogens is 316 g/mol. The zero-order chi connectivity index (χ0) is 17.2. The third-order valence-electron chi connectivity index (χ3n) is 4.10. The third kappa shape index (κ3) is 2.82. The molecule has 6 nitrogen and oxygen atoms in total. The van der Waals surface area contributed by atoms with Crippen LogP contribution in [0.15, 0.2) is 60.8 Å². The first-order chi connectivity index (χ1) is 12.3. The average molecular weight is 334 g/mol. The molecule has 126 valence electrons. The van der Waals surface area contributed by atoms with Crippen LogP contribution in [-0.2, 0) is 0 Å². The molecule has 4 rings (SSSR count). The van der Waals surface area contributed by atoms with Crippen LogP contribution in [-0.4, -0.2) is 22.3 Å². The largest absolute Gasteiger partial charge is 0.494 e. The van der Waals surface area contributed by atoms with Gasteiger partial charge in [-0.1, -0.05) is 30.3 Å². The highest BCUT2D eigenvalue weighted by Crippen LogP contribution is 2.29. The number of rotatable bonds is 4. The van der Waals surface area contributed by atoms with Crippen LogP contribution in [0.1, 0.15) is 29.0 Å². The highest BCUT2D eigenvalue weighted by atomic mass is 16.5. The van der Waals surface area contributed by atoms with Gasteiger partial charge in [-0.25, -0.2) is 4.68 Å². The summed E-state index contributed by atoms with van der Waals surface area (Å²) in [6.07, 6.45) is 1.26. The van der Waals surface area contributed by atoms with E-state index in [4.69, 9.17) is 4.74 Å². The van der Waals surface area contributed by atoms with Crippen LogP contribution in [0.4, 0.5) is 5.82 Å². The lowest BCUT2D eigenvalue weighted by Crippen LogP contribution is -2.38. The standard InChI is InChI=1S/C19H18N4O2/c1-2-25-15-10-8-13(9-11-15)17-21-18-16(19(24)22-17)12-20-23(18)14-6-4-3-5-7-14/h3-12,17,21H,2H2,1H3,(H,22,24). The Labute approximate surface area is 145 Å². The van der Waals surface area contributed by atoms with Crippen molar-refractivity contribution in [2.24, 2.45) is 0 Å². The first-order valence-corrected chi connectivity index (χ1v) is 8.20. The van der Waals surface area contributed by atoms with Crippen LogP contribution in [0.3, 0.4) is 0 Å². The Bertz CT molecular complexity index is 888. The maximum absolute atomic E-state index is 12.5. The number of para-hydroxylation sites is 1. The normalized spacial score (nSPS) is 15.9. The van der Waals surface area contributed by atoms with E-state index in [0.29, 0.717) is 18.0 Å². The molecule has 0 radical (unpaired) electrons. The van der Waals surface area contributed by atoms with Crippen LogP contribution >= 0.6 is 0 Å².